The number of aromatic nitrogens is 2. The third-order valence-corrected chi connectivity index (χ3v) is 4.52. The molecule has 3 heterocycles. The lowest BCUT2D eigenvalue weighted by molar-refractivity contribution is 0.518. The monoisotopic (exact) mass is 349 g/mol. The summed E-state index contributed by atoms with van der Waals surface area (Å²) < 4.78 is 5.32. The van der Waals surface area contributed by atoms with Crippen LogP contribution in [-0.2, 0) is 6.54 Å². The summed E-state index contributed by atoms with van der Waals surface area (Å²) in [5.74, 6) is 2.19. The van der Waals surface area contributed by atoms with E-state index in [-0.39, 0.29) is 0 Å². The zero-order valence-corrected chi connectivity index (χ0v) is 14.7. The van der Waals surface area contributed by atoms with Crippen LogP contribution in [0.15, 0.2) is 59.3 Å². The minimum atomic E-state index is 0.570. The fourth-order valence-corrected chi connectivity index (χ4v) is 3.15. The highest BCUT2D eigenvalue weighted by Crippen LogP contribution is 2.23. The van der Waals surface area contributed by atoms with Gasteiger partial charge in [-0.25, -0.2) is 4.98 Å². The molecule has 1 aliphatic rings. The molecule has 3 aromatic rings. The normalized spacial score (nSPS) is 14.2. The Labute approximate surface area is 153 Å². The summed E-state index contributed by atoms with van der Waals surface area (Å²) in [6, 6.07) is 14.1. The van der Waals surface area contributed by atoms with Gasteiger partial charge in [-0.05, 0) is 61.7 Å². The molecular formula is C20H23N5O. The Kier molecular flexibility index (Phi) is 5.00. The van der Waals surface area contributed by atoms with Crippen molar-refractivity contribution in [3.8, 4) is 0 Å². The first-order valence-electron chi connectivity index (χ1n) is 9.08. The zero-order valence-electron chi connectivity index (χ0n) is 14.7. The van der Waals surface area contributed by atoms with E-state index in [0.717, 1.165) is 30.4 Å². The van der Waals surface area contributed by atoms with Gasteiger partial charge in [0.15, 0.2) is 0 Å². The topological polar surface area (TPSA) is 66.2 Å². The van der Waals surface area contributed by atoms with Crippen LogP contribution in [0, 0.1) is 0 Å². The first kappa shape index (κ1) is 16.4. The van der Waals surface area contributed by atoms with Crippen molar-refractivity contribution >= 4 is 23.1 Å². The molecular weight excluding hydrogens is 326 g/mol. The van der Waals surface area contributed by atoms with E-state index in [1.807, 2.05) is 18.2 Å². The van der Waals surface area contributed by atoms with Gasteiger partial charge in [0.1, 0.15) is 11.6 Å². The van der Waals surface area contributed by atoms with E-state index in [4.69, 9.17) is 4.42 Å². The van der Waals surface area contributed by atoms with Crippen molar-refractivity contribution in [1.82, 2.24) is 9.97 Å². The van der Waals surface area contributed by atoms with E-state index >= 15 is 0 Å². The number of furan rings is 1. The molecule has 4 rings (SSSR count). The van der Waals surface area contributed by atoms with E-state index in [0.29, 0.717) is 12.5 Å². The van der Waals surface area contributed by atoms with Crippen molar-refractivity contribution in [2.45, 2.75) is 25.8 Å². The molecule has 1 saturated heterocycles. The van der Waals surface area contributed by atoms with E-state index in [9.17, 15) is 0 Å². The van der Waals surface area contributed by atoms with Crippen LogP contribution in [0.5, 0.6) is 0 Å². The second-order valence-corrected chi connectivity index (χ2v) is 6.42. The smallest absolute Gasteiger partial charge is 0.229 e. The quantitative estimate of drug-likeness (QED) is 0.687. The van der Waals surface area contributed by atoms with Crippen LogP contribution in [0.25, 0.3) is 0 Å². The van der Waals surface area contributed by atoms with E-state index < -0.39 is 0 Å². The van der Waals surface area contributed by atoms with Crippen LogP contribution in [0.1, 0.15) is 25.0 Å². The van der Waals surface area contributed by atoms with Gasteiger partial charge in [-0.1, -0.05) is 0 Å². The second-order valence-electron chi connectivity index (χ2n) is 6.42. The first-order chi connectivity index (χ1) is 12.9. The Hall–Kier alpha value is -3.02. The Morgan fingerprint density at radius 1 is 1.00 bits per heavy atom. The molecule has 0 spiro atoms. The fourth-order valence-electron chi connectivity index (χ4n) is 3.15. The summed E-state index contributed by atoms with van der Waals surface area (Å²) in [4.78, 5) is 11.2. The number of nitrogens with one attached hydrogen (secondary N) is 2. The Morgan fingerprint density at radius 3 is 2.62 bits per heavy atom. The van der Waals surface area contributed by atoms with Crippen molar-refractivity contribution in [2.75, 3.05) is 28.6 Å². The van der Waals surface area contributed by atoms with Crippen molar-refractivity contribution in [3.05, 3.63) is 60.7 Å². The first-order valence-corrected chi connectivity index (χ1v) is 9.08. The van der Waals surface area contributed by atoms with Gasteiger partial charge in [-0.2, -0.15) is 4.98 Å². The molecule has 0 saturated carbocycles. The van der Waals surface area contributed by atoms with Gasteiger partial charge < -0.3 is 20.0 Å². The van der Waals surface area contributed by atoms with E-state index in [1.54, 1.807) is 12.5 Å². The second kappa shape index (κ2) is 7.91. The highest BCUT2D eigenvalue weighted by Gasteiger charge is 2.10. The Bertz CT molecular complexity index is 810. The molecule has 1 aliphatic heterocycles. The molecule has 1 aromatic carbocycles. The van der Waals surface area contributed by atoms with E-state index in [2.05, 4.69) is 49.8 Å². The van der Waals surface area contributed by atoms with Gasteiger partial charge in [0, 0.05) is 30.7 Å². The van der Waals surface area contributed by atoms with Crippen LogP contribution in [0.4, 0.5) is 23.1 Å². The van der Waals surface area contributed by atoms with Crippen LogP contribution in [-0.4, -0.2) is 23.1 Å². The summed E-state index contributed by atoms with van der Waals surface area (Å²) in [6.45, 7) is 2.90. The van der Waals surface area contributed by atoms with Gasteiger partial charge in [0.05, 0.1) is 12.8 Å². The molecule has 2 N–H and O–H groups in total. The molecule has 0 bridgehead atoms. The third kappa shape index (κ3) is 4.14. The van der Waals surface area contributed by atoms with Crippen molar-refractivity contribution in [1.29, 1.82) is 0 Å². The van der Waals surface area contributed by atoms with Gasteiger partial charge in [0.25, 0.3) is 0 Å². The molecule has 0 unspecified atom stereocenters. The fraction of sp³-hybridized carbons (Fsp3) is 0.300. The molecule has 134 valence electrons. The van der Waals surface area contributed by atoms with Gasteiger partial charge in [-0.3, -0.25) is 0 Å². The molecule has 0 radical (unpaired) electrons. The highest BCUT2D eigenvalue weighted by molar-refractivity contribution is 5.60. The van der Waals surface area contributed by atoms with Gasteiger partial charge in [-0.15, -0.1) is 0 Å². The average Bonchev–Trinajstić information content (AvgIpc) is 3.22. The summed E-state index contributed by atoms with van der Waals surface area (Å²) >= 11 is 0. The summed E-state index contributed by atoms with van der Waals surface area (Å²) in [7, 11) is 0. The standard InChI is InChI=1S/C20H23N5O/c1-2-12-25(13-3-1)17-8-6-16(7-9-17)23-20-21-11-10-19(24-20)22-15-18-5-4-14-26-18/h4-11,14H,1-3,12-13,15H2,(H2,21,22,23,24). The summed E-state index contributed by atoms with van der Waals surface area (Å²) in [6.07, 6.45) is 7.31. The zero-order chi connectivity index (χ0) is 17.6. The predicted octanol–water partition coefficient (Wildman–Crippen LogP) is 4.42. The lowest BCUT2D eigenvalue weighted by Gasteiger charge is -2.28. The van der Waals surface area contributed by atoms with Crippen LogP contribution >= 0.6 is 0 Å². The number of nitrogens with zero attached hydrogens (tertiary/aromatic N) is 3. The number of anilines is 4. The van der Waals surface area contributed by atoms with Gasteiger partial charge >= 0.3 is 0 Å². The van der Waals surface area contributed by atoms with Crippen molar-refractivity contribution in [2.24, 2.45) is 0 Å². The summed E-state index contributed by atoms with van der Waals surface area (Å²) in [5, 5.41) is 6.50. The maximum Gasteiger partial charge on any atom is 0.229 e. The van der Waals surface area contributed by atoms with Crippen molar-refractivity contribution in [3.63, 3.8) is 0 Å². The number of benzene rings is 1. The largest absolute Gasteiger partial charge is 0.467 e. The number of rotatable bonds is 6. The molecule has 2 aromatic heterocycles. The maximum absolute atomic E-state index is 5.32. The minimum absolute atomic E-state index is 0.570. The molecule has 0 aliphatic carbocycles. The third-order valence-electron chi connectivity index (χ3n) is 4.52. The summed E-state index contributed by atoms with van der Waals surface area (Å²) in [5.41, 5.74) is 2.26. The van der Waals surface area contributed by atoms with Crippen LogP contribution in [0.3, 0.4) is 0 Å². The van der Waals surface area contributed by atoms with Crippen LogP contribution < -0.4 is 15.5 Å². The maximum atomic E-state index is 5.32. The Balaban J connectivity index is 1.38. The van der Waals surface area contributed by atoms with Crippen molar-refractivity contribution < 1.29 is 4.42 Å². The lowest BCUT2D eigenvalue weighted by atomic mass is 10.1. The van der Waals surface area contributed by atoms with E-state index in [1.165, 1.54) is 24.9 Å². The Morgan fingerprint density at radius 2 is 1.85 bits per heavy atom. The molecule has 6 heteroatoms. The van der Waals surface area contributed by atoms with Crippen LogP contribution in [0.2, 0.25) is 0 Å². The molecule has 0 atom stereocenters. The average molecular weight is 349 g/mol. The highest BCUT2D eigenvalue weighted by atomic mass is 16.3. The minimum Gasteiger partial charge on any atom is -0.467 e. The molecule has 6 nitrogen and oxygen atoms in total. The van der Waals surface area contributed by atoms with Gasteiger partial charge in [0.2, 0.25) is 5.95 Å². The molecule has 26 heavy (non-hydrogen) atoms. The molecule has 1 fully saturated rings. The SMILES string of the molecule is c1coc(CNc2ccnc(Nc3ccc(N4CCCCC4)cc3)n2)c1. The molecule has 0 amide bonds. The predicted molar refractivity (Wildman–Crippen MR) is 104 cm³/mol. The number of piperidine rings is 1. The number of hydrogen-bond donors (Lipinski definition) is 2. The number of hydrogen-bond acceptors (Lipinski definition) is 6. The lowest BCUT2D eigenvalue weighted by Crippen LogP contribution is -2.29.